The van der Waals surface area contributed by atoms with Crippen LogP contribution in [0, 0.1) is 6.92 Å². The van der Waals surface area contributed by atoms with Crippen LogP contribution in [0.1, 0.15) is 31.9 Å². The SMILES string of the molecule is Cc1csc2ccc3c4ncnc(-c5cc(C(C)(C)C)c6ccccc6c5)c4sc3c12. The van der Waals surface area contributed by atoms with Gasteiger partial charge in [0.15, 0.2) is 0 Å². The molecule has 0 aliphatic carbocycles. The summed E-state index contributed by atoms with van der Waals surface area (Å²) in [7, 11) is 0. The lowest BCUT2D eigenvalue weighted by molar-refractivity contribution is 0.596. The number of thiophene rings is 2. The summed E-state index contributed by atoms with van der Waals surface area (Å²) < 4.78 is 3.84. The minimum absolute atomic E-state index is 0.0435. The molecule has 0 N–H and O–H groups in total. The van der Waals surface area contributed by atoms with Gasteiger partial charge in [-0.05, 0) is 63.9 Å². The van der Waals surface area contributed by atoms with Crippen LogP contribution in [0.2, 0.25) is 0 Å². The van der Waals surface area contributed by atoms with Crippen molar-refractivity contribution in [2.75, 3.05) is 0 Å². The number of rotatable bonds is 1. The van der Waals surface area contributed by atoms with Gasteiger partial charge in [-0.15, -0.1) is 22.7 Å². The van der Waals surface area contributed by atoms with E-state index in [0.717, 1.165) is 11.2 Å². The van der Waals surface area contributed by atoms with Gasteiger partial charge >= 0.3 is 0 Å². The van der Waals surface area contributed by atoms with Crippen molar-refractivity contribution in [1.82, 2.24) is 9.97 Å². The van der Waals surface area contributed by atoms with Crippen LogP contribution in [0.5, 0.6) is 0 Å². The average Bonchev–Trinajstić information content (AvgIpc) is 3.32. The van der Waals surface area contributed by atoms with E-state index in [1.165, 1.54) is 52.3 Å². The molecule has 0 aliphatic rings. The molecule has 0 radical (unpaired) electrons. The molecule has 0 spiro atoms. The van der Waals surface area contributed by atoms with Gasteiger partial charge in [0.25, 0.3) is 0 Å². The van der Waals surface area contributed by atoms with E-state index in [1.54, 1.807) is 6.33 Å². The van der Waals surface area contributed by atoms with Crippen molar-refractivity contribution in [2.24, 2.45) is 0 Å². The molecular formula is C27H22N2S2. The third kappa shape index (κ3) is 2.82. The number of aryl methyl sites for hydroxylation is 1. The predicted molar refractivity (Wildman–Crippen MR) is 137 cm³/mol. The van der Waals surface area contributed by atoms with Crippen molar-refractivity contribution >= 4 is 63.8 Å². The van der Waals surface area contributed by atoms with E-state index in [9.17, 15) is 0 Å². The highest BCUT2D eigenvalue weighted by atomic mass is 32.1. The van der Waals surface area contributed by atoms with Crippen molar-refractivity contribution in [3.63, 3.8) is 0 Å². The lowest BCUT2D eigenvalue weighted by Gasteiger charge is -2.22. The molecule has 4 heteroatoms. The summed E-state index contributed by atoms with van der Waals surface area (Å²) in [5.41, 5.74) is 5.99. The van der Waals surface area contributed by atoms with Crippen LogP contribution in [0.25, 0.3) is 52.4 Å². The molecule has 3 aromatic carbocycles. The van der Waals surface area contributed by atoms with Crippen LogP contribution in [0.3, 0.4) is 0 Å². The fourth-order valence-corrected chi connectivity index (χ4v) is 6.97. The Bertz CT molecular complexity index is 1630. The second kappa shape index (κ2) is 6.59. The number of fused-ring (bicyclic) bond motifs is 6. The van der Waals surface area contributed by atoms with Gasteiger partial charge < -0.3 is 0 Å². The largest absolute Gasteiger partial charge is 0.235 e. The van der Waals surface area contributed by atoms with Crippen molar-refractivity contribution in [1.29, 1.82) is 0 Å². The molecule has 0 aliphatic heterocycles. The summed E-state index contributed by atoms with van der Waals surface area (Å²) in [5, 5.41) is 7.42. The Morgan fingerprint density at radius 2 is 1.71 bits per heavy atom. The maximum absolute atomic E-state index is 4.79. The smallest absolute Gasteiger partial charge is 0.116 e. The molecule has 0 unspecified atom stereocenters. The number of aromatic nitrogens is 2. The van der Waals surface area contributed by atoms with Crippen LogP contribution >= 0.6 is 22.7 Å². The first-order valence-corrected chi connectivity index (χ1v) is 12.2. The minimum Gasteiger partial charge on any atom is -0.235 e. The summed E-state index contributed by atoms with van der Waals surface area (Å²) >= 11 is 3.65. The van der Waals surface area contributed by atoms with Crippen molar-refractivity contribution in [3.8, 4) is 11.3 Å². The quantitative estimate of drug-likeness (QED) is 0.257. The highest BCUT2D eigenvalue weighted by Gasteiger charge is 2.21. The van der Waals surface area contributed by atoms with Gasteiger partial charge in [-0.2, -0.15) is 0 Å². The molecule has 6 aromatic rings. The van der Waals surface area contributed by atoms with Gasteiger partial charge in [-0.1, -0.05) is 45.0 Å². The highest BCUT2D eigenvalue weighted by Crippen LogP contribution is 2.44. The number of nitrogens with zero attached hydrogens (tertiary/aromatic N) is 2. The van der Waals surface area contributed by atoms with Crippen LogP contribution in [-0.2, 0) is 5.41 Å². The molecule has 0 atom stereocenters. The van der Waals surface area contributed by atoms with Gasteiger partial charge in [-0.3, -0.25) is 0 Å². The standard InChI is InChI=1S/C27H22N2S2/c1-15-13-30-21-10-9-19-24-26(31-25(19)22(15)21)23(28-14-29-24)17-11-16-7-5-6-8-18(16)20(12-17)27(2,3)4/h5-14H,1-4H3. The monoisotopic (exact) mass is 438 g/mol. The molecule has 0 saturated heterocycles. The molecule has 0 bridgehead atoms. The second-order valence-electron chi connectivity index (χ2n) is 9.23. The summed E-state index contributed by atoms with van der Waals surface area (Å²) in [6, 6.07) is 17.7. The van der Waals surface area contributed by atoms with Gasteiger partial charge in [0.05, 0.1) is 15.9 Å². The third-order valence-electron chi connectivity index (χ3n) is 6.08. The van der Waals surface area contributed by atoms with Gasteiger partial charge in [0.2, 0.25) is 0 Å². The molecule has 0 fully saturated rings. The topological polar surface area (TPSA) is 25.8 Å². The summed E-state index contributed by atoms with van der Waals surface area (Å²) in [6.45, 7) is 9.05. The normalized spacial score (nSPS) is 12.5. The molecule has 2 nitrogen and oxygen atoms in total. The molecule has 31 heavy (non-hydrogen) atoms. The second-order valence-corrected chi connectivity index (χ2v) is 11.2. The summed E-state index contributed by atoms with van der Waals surface area (Å²) in [5.74, 6) is 0. The molecule has 0 saturated carbocycles. The van der Waals surface area contributed by atoms with Crippen molar-refractivity contribution in [2.45, 2.75) is 33.1 Å². The van der Waals surface area contributed by atoms with Crippen LogP contribution in [0.4, 0.5) is 0 Å². The fraction of sp³-hybridized carbons (Fsp3) is 0.185. The molecule has 0 amide bonds. The third-order valence-corrected chi connectivity index (χ3v) is 8.37. The zero-order valence-corrected chi connectivity index (χ0v) is 19.6. The Labute approximate surface area is 189 Å². The molecular weight excluding hydrogens is 416 g/mol. The fourth-order valence-electron chi connectivity index (χ4n) is 4.58. The number of benzene rings is 3. The maximum Gasteiger partial charge on any atom is 0.116 e. The van der Waals surface area contributed by atoms with E-state index < -0.39 is 0 Å². The Morgan fingerprint density at radius 1 is 0.871 bits per heavy atom. The summed E-state index contributed by atoms with van der Waals surface area (Å²) in [4.78, 5) is 9.51. The molecule has 3 aromatic heterocycles. The van der Waals surface area contributed by atoms with Gasteiger partial charge in [0, 0.05) is 25.7 Å². The average molecular weight is 439 g/mol. The van der Waals surface area contributed by atoms with E-state index in [0.29, 0.717) is 0 Å². The first-order chi connectivity index (χ1) is 14.9. The highest BCUT2D eigenvalue weighted by molar-refractivity contribution is 7.28. The van der Waals surface area contributed by atoms with Gasteiger partial charge in [-0.25, -0.2) is 9.97 Å². The number of hydrogen-bond acceptors (Lipinski definition) is 4. The van der Waals surface area contributed by atoms with Crippen LogP contribution < -0.4 is 0 Å². The van der Waals surface area contributed by atoms with E-state index in [-0.39, 0.29) is 5.41 Å². The van der Waals surface area contributed by atoms with Crippen LogP contribution in [0.15, 0.2) is 60.2 Å². The lowest BCUT2D eigenvalue weighted by atomic mass is 9.82. The van der Waals surface area contributed by atoms with Crippen LogP contribution in [-0.4, -0.2) is 9.97 Å². The predicted octanol–water partition coefficient (Wildman–Crippen LogP) is 8.49. The van der Waals surface area contributed by atoms with E-state index in [2.05, 4.69) is 81.6 Å². The Balaban J connectivity index is 1.71. The first-order valence-electron chi connectivity index (χ1n) is 10.5. The lowest BCUT2D eigenvalue weighted by Crippen LogP contribution is -2.12. The molecule has 6 rings (SSSR count). The van der Waals surface area contributed by atoms with Crippen molar-refractivity contribution < 1.29 is 0 Å². The Hall–Kier alpha value is -2.82. The first kappa shape index (κ1) is 18.9. The summed E-state index contributed by atoms with van der Waals surface area (Å²) in [6.07, 6.45) is 1.72. The van der Waals surface area contributed by atoms with E-state index in [1.807, 2.05) is 22.7 Å². The number of hydrogen-bond donors (Lipinski definition) is 0. The molecule has 152 valence electrons. The zero-order chi connectivity index (χ0) is 21.3. The Morgan fingerprint density at radius 3 is 2.55 bits per heavy atom. The minimum atomic E-state index is 0.0435. The molecule has 3 heterocycles. The van der Waals surface area contributed by atoms with Gasteiger partial charge in [0.1, 0.15) is 6.33 Å². The van der Waals surface area contributed by atoms with E-state index >= 15 is 0 Å². The Kier molecular flexibility index (Phi) is 4.02. The van der Waals surface area contributed by atoms with E-state index in [4.69, 9.17) is 9.97 Å². The zero-order valence-electron chi connectivity index (χ0n) is 18.0. The van der Waals surface area contributed by atoms with Crippen molar-refractivity contribution in [3.05, 3.63) is 71.4 Å². The maximum atomic E-state index is 4.79.